The maximum Gasteiger partial charge on any atom is 0.137 e. The van der Waals surface area contributed by atoms with Crippen molar-refractivity contribution in [2.45, 2.75) is 31.9 Å². The van der Waals surface area contributed by atoms with Crippen LogP contribution in [0.2, 0.25) is 0 Å². The van der Waals surface area contributed by atoms with Crippen molar-refractivity contribution in [3.63, 3.8) is 0 Å². The highest BCUT2D eigenvalue weighted by molar-refractivity contribution is 7.16. The Kier molecular flexibility index (Phi) is 4.45. The molecular formula is C19H21N3OS. The minimum atomic E-state index is 0.290. The van der Waals surface area contributed by atoms with Crippen molar-refractivity contribution >= 4 is 21.6 Å². The van der Waals surface area contributed by atoms with E-state index < -0.39 is 0 Å². The van der Waals surface area contributed by atoms with Crippen LogP contribution in [0.1, 0.15) is 31.4 Å². The summed E-state index contributed by atoms with van der Waals surface area (Å²) in [5, 5.41) is 0. The summed E-state index contributed by atoms with van der Waals surface area (Å²) >= 11 is 1.70. The lowest BCUT2D eigenvalue weighted by Crippen LogP contribution is -2.39. The molecule has 0 bridgehead atoms. The molecule has 3 aromatic rings. The van der Waals surface area contributed by atoms with Gasteiger partial charge >= 0.3 is 0 Å². The fraction of sp³-hybridized carbons (Fsp3) is 0.368. The molecule has 4 nitrogen and oxygen atoms in total. The van der Waals surface area contributed by atoms with Crippen LogP contribution >= 0.6 is 11.3 Å². The quantitative estimate of drug-likeness (QED) is 0.710. The zero-order chi connectivity index (χ0) is 16.4. The van der Waals surface area contributed by atoms with E-state index >= 15 is 0 Å². The van der Waals surface area contributed by atoms with Gasteiger partial charge < -0.3 is 4.74 Å². The molecule has 0 aliphatic carbocycles. The Morgan fingerprint density at radius 1 is 1.25 bits per heavy atom. The monoisotopic (exact) mass is 339 g/mol. The van der Waals surface area contributed by atoms with Crippen LogP contribution in [-0.4, -0.2) is 34.1 Å². The molecule has 1 aliphatic heterocycles. The van der Waals surface area contributed by atoms with Crippen LogP contribution in [0.3, 0.4) is 0 Å². The molecule has 1 aromatic carbocycles. The first kappa shape index (κ1) is 15.5. The standard InChI is InChI=1S/C19H21N3OS/c1-14(15-4-5-19-18(11-15)21-13-24-19)22-9-6-16(7-10-22)23-17-3-2-8-20-12-17/h2-5,8,11-14,16H,6-7,9-10H2,1H3. The largest absolute Gasteiger partial charge is 0.489 e. The number of pyridine rings is 1. The molecule has 24 heavy (non-hydrogen) atoms. The summed E-state index contributed by atoms with van der Waals surface area (Å²) in [7, 11) is 0. The van der Waals surface area contributed by atoms with E-state index in [9.17, 15) is 0 Å². The molecule has 0 saturated carbocycles. The first-order chi connectivity index (χ1) is 11.8. The van der Waals surface area contributed by atoms with E-state index in [-0.39, 0.29) is 0 Å². The Bertz CT molecular complexity index is 796. The van der Waals surface area contributed by atoms with Gasteiger partial charge in [-0.3, -0.25) is 9.88 Å². The van der Waals surface area contributed by atoms with Crippen LogP contribution in [0.25, 0.3) is 10.2 Å². The number of ether oxygens (including phenoxy) is 1. The minimum absolute atomic E-state index is 0.290. The van der Waals surface area contributed by atoms with Crippen LogP contribution in [0.5, 0.6) is 5.75 Å². The number of likely N-dealkylation sites (tertiary alicyclic amines) is 1. The number of hydrogen-bond donors (Lipinski definition) is 0. The first-order valence-corrected chi connectivity index (χ1v) is 9.31. The van der Waals surface area contributed by atoms with E-state index in [1.807, 2.05) is 17.6 Å². The molecule has 1 aliphatic rings. The van der Waals surface area contributed by atoms with Gasteiger partial charge in [0.1, 0.15) is 11.9 Å². The van der Waals surface area contributed by atoms with Gasteiger partial charge in [-0.25, -0.2) is 4.98 Å². The lowest BCUT2D eigenvalue weighted by atomic mass is 10.0. The number of benzene rings is 1. The highest BCUT2D eigenvalue weighted by Gasteiger charge is 2.24. The van der Waals surface area contributed by atoms with Crippen LogP contribution in [-0.2, 0) is 0 Å². The van der Waals surface area contributed by atoms with Crippen LogP contribution in [0.4, 0.5) is 0 Å². The molecule has 0 amide bonds. The molecule has 1 fully saturated rings. The summed E-state index contributed by atoms with van der Waals surface area (Å²) in [6.07, 6.45) is 5.96. The number of rotatable bonds is 4. The van der Waals surface area contributed by atoms with E-state index in [2.05, 4.69) is 40.0 Å². The maximum absolute atomic E-state index is 6.04. The van der Waals surface area contributed by atoms with Gasteiger partial charge in [0.2, 0.25) is 0 Å². The van der Waals surface area contributed by atoms with Gasteiger partial charge in [0.25, 0.3) is 0 Å². The van der Waals surface area contributed by atoms with Gasteiger partial charge in [-0.05, 0) is 49.6 Å². The van der Waals surface area contributed by atoms with E-state index in [0.717, 1.165) is 37.2 Å². The second kappa shape index (κ2) is 6.87. The molecule has 2 aromatic heterocycles. The SMILES string of the molecule is CC(c1ccc2scnc2c1)N1CCC(Oc2cccnc2)CC1. The predicted octanol–water partition coefficient (Wildman–Crippen LogP) is 4.30. The Labute approximate surface area is 146 Å². The fourth-order valence-corrected chi connectivity index (χ4v) is 3.99. The van der Waals surface area contributed by atoms with E-state index in [1.54, 1.807) is 23.7 Å². The molecule has 0 N–H and O–H groups in total. The summed E-state index contributed by atoms with van der Waals surface area (Å²) < 4.78 is 7.30. The number of aromatic nitrogens is 2. The molecule has 5 heteroatoms. The van der Waals surface area contributed by atoms with Crippen molar-refractivity contribution < 1.29 is 4.74 Å². The summed E-state index contributed by atoms with van der Waals surface area (Å²) in [4.78, 5) is 11.1. The van der Waals surface area contributed by atoms with E-state index in [0.29, 0.717) is 12.1 Å². The van der Waals surface area contributed by atoms with E-state index in [4.69, 9.17) is 4.74 Å². The highest BCUT2D eigenvalue weighted by atomic mass is 32.1. The van der Waals surface area contributed by atoms with Gasteiger partial charge in [-0.15, -0.1) is 11.3 Å². The Hall–Kier alpha value is -1.98. The van der Waals surface area contributed by atoms with Crippen molar-refractivity contribution in [1.29, 1.82) is 0 Å². The lowest BCUT2D eigenvalue weighted by molar-refractivity contribution is 0.0795. The smallest absolute Gasteiger partial charge is 0.137 e. The van der Waals surface area contributed by atoms with Crippen molar-refractivity contribution in [1.82, 2.24) is 14.9 Å². The third-order valence-corrected chi connectivity index (χ3v) is 5.61. The van der Waals surface area contributed by atoms with Crippen LogP contribution in [0, 0.1) is 0 Å². The van der Waals surface area contributed by atoms with Crippen LogP contribution in [0.15, 0.2) is 48.2 Å². The van der Waals surface area contributed by atoms with Gasteiger partial charge in [0.15, 0.2) is 0 Å². The van der Waals surface area contributed by atoms with Crippen molar-refractivity contribution in [2.75, 3.05) is 13.1 Å². The molecular weight excluding hydrogens is 318 g/mol. The topological polar surface area (TPSA) is 38.2 Å². The summed E-state index contributed by atoms with van der Waals surface area (Å²) in [6, 6.07) is 11.0. The molecule has 4 rings (SSSR count). The van der Waals surface area contributed by atoms with Crippen molar-refractivity contribution in [3.8, 4) is 5.75 Å². The zero-order valence-electron chi connectivity index (χ0n) is 13.8. The number of thiazole rings is 1. The van der Waals surface area contributed by atoms with Gasteiger partial charge in [-0.2, -0.15) is 0 Å². The van der Waals surface area contributed by atoms with E-state index in [1.165, 1.54) is 10.3 Å². The molecule has 124 valence electrons. The number of piperidine rings is 1. The number of fused-ring (bicyclic) bond motifs is 1. The molecule has 1 unspecified atom stereocenters. The summed E-state index contributed by atoms with van der Waals surface area (Å²) in [5.41, 5.74) is 4.37. The molecule has 0 radical (unpaired) electrons. The third-order valence-electron chi connectivity index (χ3n) is 4.80. The summed E-state index contributed by atoms with van der Waals surface area (Å²) in [5.74, 6) is 0.873. The number of nitrogens with zero attached hydrogens (tertiary/aromatic N) is 3. The second-order valence-electron chi connectivity index (χ2n) is 6.30. The molecule has 3 heterocycles. The fourth-order valence-electron chi connectivity index (χ4n) is 3.34. The normalized spacial score (nSPS) is 17.9. The minimum Gasteiger partial charge on any atom is -0.489 e. The van der Waals surface area contributed by atoms with Crippen LogP contribution < -0.4 is 4.74 Å². The zero-order valence-corrected chi connectivity index (χ0v) is 14.6. The number of hydrogen-bond acceptors (Lipinski definition) is 5. The maximum atomic E-state index is 6.04. The Morgan fingerprint density at radius 3 is 2.92 bits per heavy atom. The Morgan fingerprint density at radius 2 is 2.12 bits per heavy atom. The average molecular weight is 339 g/mol. The summed E-state index contributed by atoms with van der Waals surface area (Å²) in [6.45, 7) is 4.40. The first-order valence-electron chi connectivity index (χ1n) is 8.43. The second-order valence-corrected chi connectivity index (χ2v) is 7.18. The van der Waals surface area contributed by atoms with Gasteiger partial charge in [0.05, 0.1) is 21.9 Å². The van der Waals surface area contributed by atoms with Crippen molar-refractivity contribution in [2.24, 2.45) is 0 Å². The molecule has 1 saturated heterocycles. The lowest BCUT2D eigenvalue weighted by Gasteiger charge is -2.36. The Balaban J connectivity index is 1.38. The highest BCUT2D eigenvalue weighted by Crippen LogP contribution is 2.28. The third kappa shape index (κ3) is 3.28. The van der Waals surface area contributed by atoms with Crippen molar-refractivity contribution in [3.05, 3.63) is 53.8 Å². The molecule has 0 spiro atoms. The molecule has 1 atom stereocenters. The predicted molar refractivity (Wildman–Crippen MR) is 97.5 cm³/mol. The van der Waals surface area contributed by atoms with Gasteiger partial charge in [0, 0.05) is 25.3 Å². The van der Waals surface area contributed by atoms with Gasteiger partial charge in [-0.1, -0.05) is 6.07 Å². The average Bonchev–Trinajstić information content (AvgIpc) is 3.10.